The zero-order chi connectivity index (χ0) is 19.0. The van der Waals surface area contributed by atoms with E-state index < -0.39 is 0 Å². The summed E-state index contributed by atoms with van der Waals surface area (Å²) < 4.78 is 1.74. The highest BCUT2D eigenvalue weighted by molar-refractivity contribution is 6.01. The van der Waals surface area contributed by atoms with E-state index in [2.05, 4.69) is 11.2 Å². The largest absolute Gasteiger partial charge is 0.312 e. The predicted octanol–water partition coefficient (Wildman–Crippen LogP) is 4.21. The third-order valence-corrected chi connectivity index (χ3v) is 5.75. The van der Waals surface area contributed by atoms with Gasteiger partial charge in [-0.2, -0.15) is 5.10 Å². The van der Waals surface area contributed by atoms with Gasteiger partial charge in [-0.05, 0) is 44.9 Å². The summed E-state index contributed by atoms with van der Waals surface area (Å²) in [5.41, 5.74) is 4.20. The lowest BCUT2D eigenvalue weighted by Crippen LogP contribution is -2.39. The van der Waals surface area contributed by atoms with Crippen molar-refractivity contribution in [2.24, 2.45) is 13.0 Å². The Morgan fingerprint density at radius 2 is 1.85 bits per heavy atom. The number of carbonyl (C=O) groups excluding carboxylic acids is 2. The minimum absolute atomic E-state index is 0.0338. The third kappa shape index (κ3) is 3.22. The van der Waals surface area contributed by atoms with E-state index in [1.165, 1.54) is 25.0 Å². The average molecular weight is 363 g/mol. The molecule has 0 bridgehead atoms. The van der Waals surface area contributed by atoms with Gasteiger partial charge in [-0.15, -0.1) is 0 Å². The van der Waals surface area contributed by atoms with E-state index in [4.69, 9.17) is 0 Å². The molecule has 1 aromatic carbocycles. The lowest BCUT2D eigenvalue weighted by Gasteiger charge is -2.38. The fraction of sp³-hybridized carbons (Fsp3) is 0.409. The van der Waals surface area contributed by atoms with Gasteiger partial charge in [0, 0.05) is 30.4 Å². The van der Waals surface area contributed by atoms with Gasteiger partial charge < -0.3 is 4.90 Å². The number of aromatic nitrogens is 2. The van der Waals surface area contributed by atoms with Gasteiger partial charge in [0.1, 0.15) is 0 Å². The molecule has 5 nitrogen and oxygen atoms in total. The Balaban J connectivity index is 1.69. The molecule has 2 aromatic rings. The van der Waals surface area contributed by atoms with Crippen molar-refractivity contribution in [1.29, 1.82) is 0 Å². The van der Waals surface area contributed by atoms with Gasteiger partial charge in [0.2, 0.25) is 0 Å². The van der Waals surface area contributed by atoms with Crippen LogP contribution in [0, 0.1) is 5.92 Å². The number of fused-ring (bicyclic) bond motifs is 1. The van der Waals surface area contributed by atoms with E-state index in [9.17, 15) is 9.59 Å². The smallest absolute Gasteiger partial charge is 0.261 e. The average Bonchev–Trinajstić information content (AvgIpc) is 3.08. The Hall–Kier alpha value is -2.69. The number of ketones is 1. The van der Waals surface area contributed by atoms with Gasteiger partial charge in [-0.3, -0.25) is 14.3 Å². The van der Waals surface area contributed by atoms with E-state index in [0.717, 1.165) is 30.6 Å². The molecule has 1 unspecified atom stereocenters. The topological polar surface area (TPSA) is 55.2 Å². The van der Waals surface area contributed by atoms with Crippen molar-refractivity contribution in [3.05, 3.63) is 53.4 Å². The maximum absolute atomic E-state index is 13.4. The lowest BCUT2D eigenvalue weighted by molar-refractivity contribution is 0.0749. The highest BCUT2D eigenvalue weighted by Gasteiger charge is 2.32. The Bertz CT molecular complexity index is 908. The van der Waals surface area contributed by atoms with Gasteiger partial charge in [0.25, 0.3) is 5.91 Å². The number of allylic oxidation sites excluding steroid dienone is 2. The summed E-state index contributed by atoms with van der Waals surface area (Å²) in [4.78, 5) is 26.9. The van der Waals surface area contributed by atoms with Crippen LogP contribution in [-0.4, -0.2) is 32.9 Å². The van der Waals surface area contributed by atoms with Crippen molar-refractivity contribution >= 4 is 11.7 Å². The molecular weight excluding hydrogens is 338 g/mol. The summed E-state index contributed by atoms with van der Waals surface area (Å²) >= 11 is 0. The van der Waals surface area contributed by atoms with E-state index in [0.29, 0.717) is 17.0 Å². The molecule has 1 aliphatic heterocycles. The number of likely N-dealkylation sites (tertiary alicyclic amines) is 1. The second-order valence-corrected chi connectivity index (χ2v) is 7.52. The second-order valence-electron chi connectivity index (χ2n) is 7.52. The maximum atomic E-state index is 13.4. The molecule has 1 aromatic heterocycles. The number of rotatable bonds is 3. The van der Waals surface area contributed by atoms with Crippen molar-refractivity contribution in [1.82, 2.24) is 14.7 Å². The van der Waals surface area contributed by atoms with Gasteiger partial charge in [0.15, 0.2) is 5.78 Å². The molecule has 5 heteroatoms. The molecule has 0 spiro atoms. The van der Waals surface area contributed by atoms with Crippen LogP contribution < -0.4 is 0 Å². The number of nitrogens with zero attached hydrogens (tertiary/aromatic N) is 3. The first-order chi connectivity index (χ1) is 13.1. The summed E-state index contributed by atoms with van der Waals surface area (Å²) in [5.74, 6) is 0.587. The number of benzene rings is 1. The first kappa shape index (κ1) is 17.7. The standard InChI is InChI=1S/C22H25N3O2/c1-15(26)16-9-11-18(12-10-16)21-19(14-23-24(21)2)22(27)25-13-5-7-17-6-3-4-8-20(17)25/h8-12,14,17H,3-7,13H2,1-2H3. The minimum atomic E-state index is 0.0338. The number of amides is 1. The van der Waals surface area contributed by atoms with Crippen LogP contribution in [0.4, 0.5) is 0 Å². The molecule has 1 atom stereocenters. The second kappa shape index (κ2) is 7.14. The van der Waals surface area contributed by atoms with Crippen molar-refractivity contribution in [2.45, 2.75) is 39.0 Å². The van der Waals surface area contributed by atoms with E-state index in [-0.39, 0.29) is 11.7 Å². The molecular formula is C22H25N3O2. The van der Waals surface area contributed by atoms with Crippen molar-refractivity contribution < 1.29 is 9.59 Å². The number of carbonyl (C=O) groups is 2. The van der Waals surface area contributed by atoms with Gasteiger partial charge in [-0.25, -0.2) is 0 Å². The van der Waals surface area contributed by atoms with Gasteiger partial charge in [0.05, 0.1) is 17.5 Å². The highest BCUT2D eigenvalue weighted by Crippen LogP contribution is 2.36. The summed E-state index contributed by atoms with van der Waals surface area (Å²) in [7, 11) is 1.85. The van der Waals surface area contributed by atoms with Crippen LogP contribution >= 0.6 is 0 Å². The predicted molar refractivity (Wildman–Crippen MR) is 104 cm³/mol. The van der Waals surface area contributed by atoms with Crippen LogP contribution in [-0.2, 0) is 7.05 Å². The fourth-order valence-electron chi connectivity index (χ4n) is 4.34. The monoisotopic (exact) mass is 363 g/mol. The number of hydrogen-bond acceptors (Lipinski definition) is 3. The Kier molecular flexibility index (Phi) is 4.68. The van der Waals surface area contributed by atoms with Crippen molar-refractivity contribution in [3.63, 3.8) is 0 Å². The Morgan fingerprint density at radius 3 is 2.59 bits per heavy atom. The quantitative estimate of drug-likeness (QED) is 0.768. The summed E-state index contributed by atoms with van der Waals surface area (Å²) in [6.07, 6.45) is 9.62. The molecule has 2 heterocycles. The normalized spacial score (nSPS) is 19.4. The molecule has 1 aliphatic carbocycles. The van der Waals surface area contributed by atoms with Crippen LogP contribution in [0.1, 0.15) is 59.7 Å². The summed E-state index contributed by atoms with van der Waals surface area (Å²) in [6.45, 7) is 2.33. The van der Waals surface area contributed by atoms with E-state index >= 15 is 0 Å². The number of aryl methyl sites for hydroxylation is 1. The van der Waals surface area contributed by atoms with E-state index in [1.807, 2.05) is 24.1 Å². The Labute approximate surface area is 159 Å². The maximum Gasteiger partial charge on any atom is 0.261 e. The minimum Gasteiger partial charge on any atom is -0.312 e. The number of piperidine rings is 1. The van der Waals surface area contributed by atoms with Gasteiger partial charge in [-0.1, -0.05) is 30.3 Å². The van der Waals surface area contributed by atoms with Crippen LogP contribution in [0.15, 0.2) is 42.2 Å². The van der Waals surface area contributed by atoms with Crippen LogP contribution in [0.3, 0.4) is 0 Å². The molecule has 1 fully saturated rings. The van der Waals surface area contributed by atoms with Crippen molar-refractivity contribution in [3.8, 4) is 11.3 Å². The molecule has 0 radical (unpaired) electrons. The van der Waals surface area contributed by atoms with Crippen LogP contribution in [0.2, 0.25) is 0 Å². The third-order valence-electron chi connectivity index (χ3n) is 5.75. The number of hydrogen-bond donors (Lipinski definition) is 0. The summed E-state index contributed by atoms with van der Waals surface area (Å²) in [5, 5.41) is 4.35. The summed E-state index contributed by atoms with van der Waals surface area (Å²) in [6, 6.07) is 7.39. The van der Waals surface area contributed by atoms with Crippen LogP contribution in [0.5, 0.6) is 0 Å². The fourth-order valence-corrected chi connectivity index (χ4v) is 4.34. The molecule has 140 valence electrons. The highest BCUT2D eigenvalue weighted by atomic mass is 16.2. The molecule has 0 saturated carbocycles. The first-order valence-corrected chi connectivity index (χ1v) is 9.71. The molecule has 0 N–H and O–H groups in total. The zero-order valence-electron chi connectivity index (χ0n) is 15.9. The van der Waals surface area contributed by atoms with Crippen molar-refractivity contribution in [2.75, 3.05) is 6.54 Å². The number of Topliss-reactive ketones (excluding diaryl/α,β-unsaturated/α-hetero) is 1. The van der Waals surface area contributed by atoms with Crippen LogP contribution in [0.25, 0.3) is 11.3 Å². The van der Waals surface area contributed by atoms with Gasteiger partial charge >= 0.3 is 0 Å². The molecule has 27 heavy (non-hydrogen) atoms. The molecule has 1 amide bonds. The SMILES string of the molecule is CC(=O)c1ccc(-c2c(C(=O)N3CCCC4CCCC=C43)cnn2C)cc1. The van der Waals surface area contributed by atoms with E-state index in [1.54, 1.807) is 29.9 Å². The molecule has 1 saturated heterocycles. The zero-order valence-corrected chi connectivity index (χ0v) is 15.9. The first-order valence-electron chi connectivity index (χ1n) is 9.71. The lowest BCUT2D eigenvalue weighted by atomic mass is 9.84. The molecule has 4 rings (SSSR count). The Morgan fingerprint density at radius 1 is 1.11 bits per heavy atom. The molecule has 2 aliphatic rings.